The molecule has 122 valence electrons. The van der Waals surface area contributed by atoms with Gasteiger partial charge in [0.2, 0.25) is 0 Å². The highest BCUT2D eigenvalue weighted by Crippen LogP contribution is 2.51. The monoisotopic (exact) mass is 339 g/mol. The Hall–Kier alpha value is -2.26. The summed E-state index contributed by atoms with van der Waals surface area (Å²) >= 11 is 6.27. The number of carbonyl (C=O) groups is 1. The molecule has 1 aliphatic carbocycles. The van der Waals surface area contributed by atoms with Crippen LogP contribution in [0.5, 0.6) is 0 Å². The van der Waals surface area contributed by atoms with Crippen LogP contribution < -0.4 is 5.32 Å². The molecule has 0 bridgehead atoms. The molecule has 2 aliphatic rings. The number of hydrogen-bond donors (Lipinski definition) is 2. The number of anilines is 1. The molecule has 1 aliphatic heterocycles. The molecular weight excluding hydrogens is 322 g/mol. The Labute approximate surface area is 146 Å². The second-order valence-corrected chi connectivity index (χ2v) is 7.03. The molecule has 0 fully saturated rings. The SMILES string of the molecule is Cc1cc(Cl)cc2c1N[C@H](c1ccc(C(=O)O)cc1)[C@H]1CC=C[C@H]21. The van der Waals surface area contributed by atoms with E-state index in [1.165, 1.54) is 5.56 Å². The van der Waals surface area contributed by atoms with Gasteiger partial charge in [0.25, 0.3) is 0 Å². The van der Waals surface area contributed by atoms with Crippen LogP contribution in [0, 0.1) is 12.8 Å². The van der Waals surface area contributed by atoms with E-state index in [4.69, 9.17) is 16.7 Å². The largest absolute Gasteiger partial charge is 0.478 e. The summed E-state index contributed by atoms with van der Waals surface area (Å²) in [6, 6.07) is 11.4. The van der Waals surface area contributed by atoms with Crippen LogP contribution in [0.1, 0.15) is 45.4 Å². The number of fused-ring (bicyclic) bond motifs is 3. The Kier molecular flexibility index (Phi) is 3.61. The van der Waals surface area contributed by atoms with E-state index >= 15 is 0 Å². The Balaban J connectivity index is 1.76. The maximum absolute atomic E-state index is 11.1. The van der Waals surface area contributed by atoms with Crippen molar-refractivity contribution in [3.63, 3.8) is 0 Å². The maximum Gasteiger partial charge on any atom is 0.335 e. The highest BCUT2D eigenvalue weighted by atomic mass is 35.5. The first-order chi connectivity index (χ1) is 11.5. The lowest BCUT2D eigenvalue weighted by Crippen LogP contribution is -2.29. The molecule has 2 aromatic rings. The number of nitrogens with one attached hydrogen (secondary N) is 1. The van der Waals surface area contributed by atoms with Crippen molar-refractivity contribution in [1.82, 2.24) is 0 Å². The molecule has 4 heteroatoms. The number of aromatic carboxylic acids is 1. The Morgan fingerprint density at radius 1 is 1.25 bits per heavy atom. The van der Waals surface area contributed by atoms with Gasteiger partial charge in [-0.15, -0.1) is 0 Å². The van der Waals surface area contributed by atoms with Crippen molar-refractivity contribution in [2.24, 2.45) is 5.92 Å². The number of halogens is 1. The number of carboxylic acid groups (broad SMARTS) is 1. The molecule has 3 nitrogen and oxygen atoms in total. The smallest absolute Gasteiger partial charge is 0.335 e. The van der Waals surface area contributed by atoms with Crippen LogP contribution in [-0.2, 0) is 0 Å². The van der Waals surface area contributed by atoms with Gasteiger partial charge in [0.05, 0.1) is 11.6 Å². The van der Waals surface area contributed by atoms with Crippen molar-refractivity contribution >= 4 is 23.3 Å². The van der Waals surface area contributed by atoms with Crippen molar-refractivity contribution in [3.05, 3.63) is 75.8 Å². The summed E-state index contributed by atoms with van der Waals surface area (Å²) in [4.78, 5) is 11.1. The zero-order chi connectivity index (χ0) is 16.8. The van der Waals surface area contributed by atoms with Crippen LogP contribution in [0.3, 0.4) is 0 Å². The Bertz CT molecular complexity index is 841. The van der Waals surface area contributed by atoms with Gasteiger partial charge in [-0.1, -0.05) is 35.9 Å². The van der Waals surface area contributed by atoms with Crippen molar-refractivity contribution < 1.29 is 9.90 Å². The van der Waals surface area contributed by atoms with E-state index in [0.29, 0.717) is 17.4 Å². The van der Waals surface area contributed by atoms with Gasteiger partial charge in [-0.3, -0.25) is 0 Å². The first-order valence-corrected chi connectivity index (χ1v) is 8.49. The minimum atomic E-state index is -0.894. The van der Waals surface area contributed by atoms with E-state index < -0.39 is 5.97 Å². The third-order valence-corrected chi connectivity index (χ3v) is 5.37. The first-order valence-electron chi connectivity index (χ1n) is 8.11. The average molecular weight is 340 g/mol. The fraction of sp³-hybridized carbons (Fsp3) is 0.250. The lowest BCUT2D eigenvalue weighted by molar-refractivity contribution is 0.0697. The van der Waals surface area contributed by atoms with Gasteiger partial charge in [-0.05, 0) is 60.2 Å². The third-order valence-electron chi connectivity index (χ3n) is 5.15. The fourth-order valence-corrected chi connectivity index (χ4v) is 4.29. The summed E-state index contributed by atoms with van der Waals surface area (Å²) < 4.78 is 0. The molecule has 2 aromatic carbocycles. The number of aryl methyl sites for hydroxylation is 1. The standard InChI is InChI=1S/C20H18ClNO2/c1-11-9-14(21)10-17-15-3-2-4-16(15)19(22-18(11)17)12-5-7-13(8-6-12)20(23)24/h2-3,5-10,15-16,19,22H,4H2,1H3,(H,23,24)/t15-,16-,19+/m0/s1. The molecular formula is C20H18ClNO2. The Morgan fingerprint density at radius 2 is 2.00 bits per heavy atom. The molecule has 24 heavy (non-hydrogen) atoms. The van der Waals surface area contributed by atoms with Gasteiger partial charge < -0.3 is 10.4 Å². The summed E-state index contributed by atoms with van der Waals surface area (Å²) in [5, 5.41) is 13.5. The minimum Gasteiger partial charge on any atom is -0.478 e. The zero-order valence-electron chi connectivity index (χ0n) is 13.3. The van der Waals surface area contributed by atoms with Crippen LogP contribution in [-0.4, -0.2) is 11.1 Å². The van der Waals surface area contributed by atoms with Crippen molar-refractivity contribution in [1.29, 1.82) is 0 Å². The summed E-state index contributed by atoms with van der Waals surface area (Å²) in [5.41, 5.74) is 5.00. The molecule has 0 amide bonds. The van der Waals surface area contributed by atoms with Crippen LogP contribution in [0.2, 0.25) is 5.02 Å². The number of hydrogen-bond acceptors (Lipinski definition) is 2. The molecule has 0 aromatic heterocycles. The quantitative estimate of drug-likeness (QED) is 0.742. The lowest BCUT2D eigenvalue weighted by atomic mass is 9.76. The van der Waals surface area contributed by atoms with Gasteiger partial charge >= 0.3 is 5.97 Å². The van der Waals surface area contributed by atoms with E-state index in [0.717, 1.165) is 28.3 Å². The number of rotatable bonds is 2. The summed E-state index contributed by atoms with van der Waals surface area (Å²) in [5.74, 6) is -0.122. The van der Waals surface area contributed by atoms with Crippen molar-refractivity contribution in [2.45, 2.75) is 25.3 Å². The molecule has 0 saturated heterocycles. The zero-order valence-corrected chi connectivity index (χ0v) is 14.0. The summed E-state index contributed by atoms with van der Waals surface area (Å²) in [6.07, 6.45) is 5.52. The van der Waals surface area contributed by atoms with E-state index in [2.05, 4.69) is 30.5 Å². The molecule has 0 saturated carbocycles. The molecule has 2 N–H and O–H groups in total. The predicted molar refractivity (Wildman–Crippen MR) is 95.9 cm³/mol. The molecule has 3 atom stereocenters. The molecule has 0 radical (unpaired) electrons. The van der Waals surface area contributed by atoms with Crippen LogP contribution in [0.15, 0.2) is 48.6 Å². The molecule has 0 unspecified atom stereocenters. The predicted octanol–water partition coefficient (Wildman–Crippen LogP) is 5.17. The molecule has 1 heterocycles. The summed E-state index contributed by atoms with van der Waals surface area (Å²) in [6.45, 7) is 2.07. The fourth-order valence-electron chi connectivity index (χ4n) is 4.00. The average Bonchev–Trinajstić information content (AvgIpc) is 3.04. The third kappa shape index (κ3) is 2.40. The molecule has 0 spiro atoms. The van der Waals surface area contributed by atoms with Gasteiger partial charge in [-0.2, -0.15) is 0 Å². The van der Waals surface area contributed by atoms with Gasteiger partial charge in [0.1, 0.15) is 0 Å². The van der Waals surface area contributed by atoms with Gasteiger partial charge in [0, 0.05) is 16.6 Å². The number of allylic oxidation sites excluding steroid dienone is 2. The maximum atomic E-state index is 11.1. The van der Waals surface area contributed by atoms with E-state index in [-0.39, 0.29) is 6.04 Å². The molecule has 4 rings (SSSR count). The highest BCUT2D eigenvalue weighted by Gasteiger charge is 2.38. The minimum absolute atomic E-state index is 0.167. The second kappa shape index (κ2) is 5.67. The lowest BCUT2D eigenvalue weighted by Gasteiger charge is -2.38. The van der Waals surface area contributed by atoms with E-state index in [9.17, 15) is 4.79 Å². The topological polar surface area (TPSA) is 49.3 Å². The van der Waals surface area contributed by atoms with E-state index in [1.807, 2.05) is 18.2 Å². The second-order valence-electron chi connectivity index (χ2n) is 6.59. The summed E-state index contributed by atoms with van der Waals surface area (Å²) in [7, 11) is 0. The van der Waals surface area contributed by atoms with Crippen LogP contribution in [0.25, 0.3) is 0 Å². The van der Waals surface area contributed by atoms with E-state index in [1.54, 1.807) is 12.1 Å². The first kappa shape index (κ1) is 15.3. The number of carboxylic acids is 1. The number of benzene rings is 2. The normalized spacial score (nSPS) is 24.2. The Morgan fingerprint density at radius 3 is 2.71 bits per heavy atom. The van der Waals surface area contributed by atoms with Crippen molar-refractivity contribution in [2.75, 3.05) is 5.32 Å². The van der Waals surface area contributed by atoms with Crippen molar-refractivity contribution in [3.8, 4) is 0 Å². The highest BCUT2D eigenvalue weighted by molar-refractivity contribution is 6.30. The van der Waals surface area contributed by atoms with Crippen LogP contribution >= 0.6 is 11.6 Å². The van der Waals surface area contributed by atoms with Gasteiger partial charge in [0.15, 0.2) is 0 Å². The van der Waals surface area contributed by atoms with Gasteiger partial charge in [-0.25, -0.2) is 4.79 Å². The van der Waals surface area contributed by atoms with Crippen LogP contribution in [0.4, 0.5) is 5.69 Å².